The van der Waals surface area contributed by atoms with Crippen molar-refractivity contribution in [3.63, 3.8) is 0 Å². The van der Waals surface area contributed by atoms with Crippen LogP contribution in [0.2, 0.25) is 25.7 Å². The van der Waals surface area contributed by atoms with E-state index in [-0.39, 0.29) is 0 Å². The maximum atomic E-state index is 9.72. The first kappa shape index (κ1) is 20.6. The van der Waals surface area contributed by atoms with Crippen LogP contribution in [0.4, 0.5) is 11.6 Å². The van der Waals surface area contributed by atoms with Crippen molar-refractivity contribution in [2.24, 2.45) is 7.05 Å². The first-order chi connectivity index (χ1) is 14.2. The topological polar surface area (TPSA) is 93.6 Å². The molecule has 3 aromatic rings. The van der Waals surface area contributed by atoms with E-state index in [2.05, 4.69) is 36.1 Å². The Kier molecular flexibility index (Phi) is 5.38. The molecule has 1 N–H and O–H groups in total. The van der Waals surface area contributed by atoms with Crippen molar-refractivity contribution < 1.29 is 4.74 Å². The fraction of sp³-hybridized carbons (Fsp3) is 0.524. The molecule has 3 aromatic heterocycles. The summed E-state index contributed by atoms with van der Waals surface area (Å²) in [6, 6.07) is 3.43. The molecule has 9 heteroatoms. The van der Waals surface area contributed by atoms with Gasteiger partial charge in [-0.1, -0.05) is 19.6 Å². The zero-order valence-electron chi connectivity index (χ0n) is 18.4. The highest BCUT2D eigenvalue weighted by Crippen LogP contribution is 2.43. The molecule has 0 spiro atoms. The lowest BCUT2D eigenvalue weighted by Gasteiger charge is -2.15. The lowest BCUT2D eigenvalue weighted by molar-refractivity contribution is 0.0898. The van der Waals surface area contributed by atoms with Crippen LogP contribution in [0.5, 0.6) is 0 Å². The number of fused-ring (bicyclic) bond motifs is 1. The monoisotopic (exact) mass is 423 g/mol. The van der Waals surface area contributed by atoms with Gasteiger partial charge in [0.1, 0.15) is 18.4 Å². The highest BCUT2D eigenvalue weighted by atomic mass is 28.3. The Bertz CT molecular complexity index is 1120. The van der Waals surface area contributed by atoms with E-state index in [4.69, 9.17) is 14.7 Å². The van der Waals surface area contributed by atoms with Crippen molar-refractivity contribution in [2.45, 2.75) is 58.1 Å². The Morgan fingerprint density at radius 2 is 2.03 bits per heavy atom. The van der Waals surface area contributed by atoms with Gasteiger partial charge in [-0.15, -0.1) is 0 Å². The Morgan fingerprint density at radius 3 is 2.63 bits per heavy atom. The van der Waals surface area contributed by atoms with E-state index in [1.165, 1.54) is 0 Å². The lowest BCUT2D eigenvalue weighted by atomic mass is 10.1. The fourth-order valence-electron chi connectivity index (χ4n) is 3.49. The van der Waals surface area contributed by atoms with E-state index < -0.39 is 8.07 Å². The normalized spacial score (nSPS) is 14.3. The van der Waals surface area contributed by atoms with Crippen LogP contribution < -0.4 is 5.32 Å². The second-order valence-electron chi connectivity index (χ2n) is 9.30. The van der Waals surface area contributed by atoms with E-state index in [9.17, 15) is 5.26 Å². The number of hydrogen-bond donors (Lipinski definition) is 1. The van der Waals surface area contributed by atoms with Gasteiger partial charge < -0.3 is 14.6 Å². The summed E-state index contributed by atoms with van der Waals surface area (Å²) in [5.41, 5.74) is 4.09. The second kappa shape index (κ2) is 7.85. The van der Waals surface area contributed by atoms with E-state index in [1.54, 1.807) is 4.68 Å². The van der Waals surface area contributed by atoms with E-state index >= 15 is 0 Å². The van der Waals surface area contributed by atoms with Gasteiger partial charge in [0.25, 0.3) is 0 Å². The Labute approximate surface area is 177 Å². The molecule has 0 amide bonds. The molecule has 1 fully saturated rings. The first-order valence-corrected chi connectivity index (χ1v) is 14.1. The number of rotatable bonds is 8. The summed E-state index contributed by atoms with van der Waals surface area (Å²) in [6.07, 6.45) is 5.96. The summed E-state index contributed by atoms with van der Waals surface area (Å²) < 4.78 is 9.65. The van der Waals surface area contributed by atoms with Gasteiger partial charge in [0.15, 0.2) is 0 Å². The molecule has 0 bridgehead atoms. The highest BCUT2D eigenvalue weighted by molar-refractivity contribution is 6.76. The van der Waals surface area contributed by atoms with Crippen molar-refractivity contribution in [2.75, 3.05) is 11.9 Å². The third-order valence-electron chi connectivity index (χ3n) is 5.32. The van der Waals surface area contributed by atoms with Crippen LogP contribution in [0.25, 0.3) is 11.0 Å². The molecule has 1 saturated carbocycles. The summed E-state index contributed by atoms with van der Waals surface area (Å²) in [6.45, 7) is 10.1. The van der Waals surface area contributed by atoms with Crippen LogP contribution in [-0.4, -0.2) is 39.0 Å². The van der Waals surface area contributed by atoms with Gasteiger partial charge in [-0.3, -0.25) is 4.68 Å². The molecule has 3 heterocycles. The molecular formula is C21H29N7OSi. The molecule has 1 aliphatic carbocycles. The number of nitriles is 1. The predicted octanol–water partition coefficient (Wildman–Crippen LogP) is 4.28. The predicted molar refractivity (Wildman–Crippen MR) is 120 cm³/mol. The Morgan fingerprint density at radius 1 is 1.27 bits per heavy atom. The first-order valence-electron chi connectivity index (χ1n) is 10.4. The number of aromatic nitrogens is 5. The van der Waals surface area contributed by atoms with Gasteiger partial charge in [-0.2, -0.15) is 15.3 Å². The molecule has 0 unspecified atom stereocenters. The summed E-state index contributed by atoms with van der Waals surface area (Å²) >= 11 is 0. The number of anilines is 2. The standard InChI is InChI=1S/C21H29N7OSi/c1-14-17(12-27(2)26-14)23-21-24-19(15-6-7-15)18-16(10-22)11-28(20(18)25-21)13-29-8-9-30(3,4)5/h11-12,15H,6-9,13H2,1-5H3,(H,23,24,25). The average molecular weight is 424 g/mol. The molecule has 30 heavy (non-hydrogen) atoms. The molecule has 0 saturated heterocycles. The summed E-state index contributed by atoms with van der Waals surface area (Å²) in [5, 5.41) is 18.3. The van der Waals surface area contributed by atoms with Crippen molar-refractivity contribution in [3.8, 4) is 6.07 Å². The Balaban J connectivity index is 1.69. The molecular weight excluding hydrogens is 394 g/mol. The quantitative estimate of drug-likeness (QED) is 0.429. The van der Waals surface area contributed by atoms with Crippen molar-refractivity contribution in [3.05, 3.63) is 29.3 Å². The minimum atomic E-state index is -1.15. The van der Waals surface area contributed by atoms with Crippen LogP contribution in [0.3, 0.4) is 0 Å². The fourth-order valence-corrected chi connectivity index (χ4v) is 4.25. The van der Waals surface area contributed by atoms with E-state index in [1.807, 2.05) is 30.9 Å². The highest BCUT2D eigenvalue weighted by Gasteiger charge is 2.30. The lowest BCUT2D eigenvalue weighted by Crippen LogP contribution is -2.22. The minimum Gasteiger partial charge on any atom is -0.361 e. The van der Waals surface area contributed by atoms with E-state index in [0.29, 0.717) is 24.2 Å². The molecule has 1 aliphatic rings. The zero-order chi connectivity index (χ0) is 21.5. The average Bonchev–Trinajstić information content (AvgIpc) is 3.38. The van der Waals surface area contributed by atoms with Gasteiger partial charge in [0, 0.05) is 40.0 Å². The van der Waals surface area contributed by atoms with Crippen LogP contribution in [0, 0.1) is 18.3 Å². The van der Waals surface area contributed by atoms with Crippen LogP contribution in [0.1, 0.15) is 35.7 Å². The van der Waals surface area contributed by atoms with Crippen LogP contribution in [0.15, 0.2) is 12.4 Å². The molecule has 0 radical (unpaired) electrons. The number of nitrogens with one attached hydrogen (secondary N) is 1. The number of aryl methyl sites for hydroxylation is 2. The molecule has 0 aromatic carbocycles. The number of nitrogens with zero attached hydrogens (tertiary/aromatic N) is 6. The molecule has 0 atom stereocenters. The van der Waals surface area contributed by atoms with Crippen LogP contribution in [-0.2, 0) is 18.5 Å². The third-order valence-corrected chi connectivity index (χ3v) is 7.02. The van der Waals surface area contributed by atoms with Gasteiger partial charge in [0.2, 0.25) is 5.95 Å². The maximum absolute atomic E-state index is 9.72. The molecule has 4 rings (SSSR count). The maximum Gasteiger partial charge on any atom is 0.229 e. The number of ether oxygens (including phenoxy) is 1. The second-order valence-corrected chi connectivity index (χ2v) is 14.9. The Hall–Kier alpha value is -2.70. The van der Waals surface area contributed by atoms with Crippen molar-refractivity contribution >= 4 is 30.7 Å². The molecule has 158 valence electrons. The zero-order valence-corrected chi connectivity index (χ0v) is 19.4. The summed E-state index contributed by atoms with van der Waals surface area (Å²) in [7, 11) is 0.737. The van der Waals surface area contributed by atoms with Crippen molar-refractivity contribution in [1.29, 1.82) is 5.26 Å². The van der Waals surface area contributed by atoms with Gasteiger partial charge in [-0.05, 0) is 25.8 Å². The smallest absolute Gasteiger partial charge is 0.229 e. The SMILES string of the molecule is Cc1nn(C)cc1Nc1nc(C2CC2)c2c(C#N)cn(COCC[Si](C)(C)C)c2n1. The molecule has 0 aliphatic heterocycles. The number of hydrogen-bond acceptors (Lipinski definition) is 6. The largest absolute Gasteiger partial charge is 0.361 e. The molecule has 8 nitrogen and oxygen atoms in total. The van der Waals surface area contributed by atoms with Crippen LogP contribution >= 0.6 is 0 Å². The van der Waals surface area contributed by atoms with E-state index in [0.717, 1.165) is 53.6 Å². The van der Waals surface area contributed by atoms with Gasteiger partial charge in [0.05, 0.1) is 28.0 Å². The summed E-state index contributed by atoms with van der Waals surface area (Å²) in [4.78, 5) is 9.57. The minimum absolute atomic E-state index is 0.384. The van der Waals surface area contributed by atoms with Gasteiger partial charge >= 0.3 is 0 Å². The van der Waals surface area contributed by atoms with Gasteiger partial charge in [-0.25, -0.2) is 4.98 Å². The van der Waals surface area contributed by atoms with Crippen molar-refractivity contribution in [1.82, 2.24) is 24.3 Å². The third kappa shape index (κ3) is 4.39. The summed E-state index contributed by atoms with van der Waals surface area (Å²) in [5.74, 6) is 0.924.